The van der Waals surface area contributed by atoms with Gasteiger partial charge in [-0.2, -0.15) is 4.98 Å². The Bertz CT molecular complexity index is 698. The summed E-state index contributed by atoms with van der Waals surface area (Å²) in [4.78, 5) is 40.1. The van der Waals surface area contributed by atoms with Gasteiger partial charge in [0.1, 0.15) is 11.6 Å². The minimum atomic E-state index is 0.0392. The Morgan fingerprint density at radius 3 is 2.30 bits per heavy atom. The quantitative estimate of drug-likeness (QED) is 0.807. The molecule has 1 aromatic rings. The van der Waals surface area contributed by atoms with E-state index in [1.165, 1.54) is 12.8 Å². The molecule has 3 aliphatic rings. The first-order valence-electron chi connectivity index (χ1n) is 10.3. The molecule has 3 heterocycles. The molecule has 0 atom stereocenters. The Kier molecular flexibility index (Phi) is 5.27. The predicted molar refractivity (Wildman–Crippen MR) is 104 cm³/mol. The van der Waals surface area contributed by atoms with Gasteiger partial charge >= 0.3 is 0 Å². The van der Waals surface area contributed by atoms with Crippen LogP contribution in [-0.4, -0.2) is 65.8 Å². The molecule has 146 valence electrons. The largest absolute Gasteiger partial charge is 0.353 e. The van der Waals surface area contributed by atoms with Crippen molar-refractivity contribution < 1.29 is 9.59 Å². The first-order chi connectivity index (χ1) is 13.1. The summed E-state index contributed by atoms with van der Waals surface area (Å²) in [6.07, 6.45) is 5.00. The summed E-state index contributed by atoms with van der Waals surface area (Å²) in [5.74, 6) is 2.39. The Labute approximate surface area is 160 Å². The maximum atomic E-state index is 12.7. The van der Waals surface area contributed by atoms with E-state index < -0.39 is 0 Å². The van der Waals surface area contributed by atoms with E-state index in [4.69, 9.17) is 4.98 Å². The third-order valence-electron chi connectivity index (χ3n) is 6.03. The number of aryl methyl sites for hydroxylation is 1. The zero-order valence-electron chi connectivity index (χ0n) is 16.2. The van der Waals surface area contributed by atoms with Gasteiger partial charge in [0.15, 0.2) is 0 Å². The molecule has 0 spiro atoms. The second-order valence-corrected chi connectivity index (χ2v) is 7.99. The molecule has 1 aliphatic carbocycles. The number of Topliss-reactive ketones (excluding diaryl/α,β-unsaturated/α-hetero) is 1. The molecule has 1 aromatic heterocycles. The van der Waals surface area contributed by atoms with Crippen molar-refractivity contribution in [2.75, 3.05) is 49.1 Å². The van der Waals surface area contributed by atoms with Gasteiger partial charge in [-0.1, -0.05) is 0 Å². The van der Waals surface area contributed by atoms with E-state index in [2.05, 4.69) is 14.8 Å². The van der Waals surface area contributed by atoms with Crippen LogP contribution in [0.15, 0.2) is 6.07 Å². The van der Waals surface area contributed by atoms with Gasteiger partial charge in [-0.25, -0.2) is 4.98 Å². The third-order valence-corrected chi connectivity index (χ3v) is 6.03. The van der Waals surface area contributed by atoms with E-state index in [0.717, 1.165) is 69.6 Å². The Balaban J connectivity index is 1.37. The standard InChI is InChI=1S/C20H29N5O2/c1-15-14-18(22-20(21-15)25-8-2-3-9-25)23-10-12-24(13-11-23)19(27)16-4-6-17(26)7-5-16/h14,16H,2-13H2,1H3. The number of aromatic nitrogens is 2. The zero-order chi connectivity index (χ0) is 18.8. The second-order valence-electron chi connectivity index (χ2n) is 7.99. The number of rotatable bonds is 3. The summed E-state index contributed by atoms with van der Waals surface area (Å²) < 4.78 is 0. The Hall–Kier alpha value is -2.18. The molecular weight excluding hydrogens is 342 g/mol. The van der Waals surface area contributed by atoms with Crippen molar-refractivity contribution in [1.82, 2.24) is 14.9 Å². The summed E-state index contributed by atoms with van der Waals surface area (Å²) in [5, 5.41) is 0. The van der Waals surface area contributed by atoms with Crippen LogP contribution < -0.4 is 9.80 Å². The van der Waals surface area contributed by atoms with Crippen LogP contribution in [0.1, 0.15) is 44.2 Å². The van der Waals surface area contributed by atoms with Crippen LogP contribution in [0.5, 0.6) is 0 Å². The molecule has 7 heteroatoms. The molecule has 27 heavy (non-hydrogen) atoms. The van der Waals surface area contributed by atoms with Crippen LogP contribution in [0.25, 0.3) is 0 Å². The third kappa shape index (κ3) is 4.06. The number of carbonyl (C=O) groups is 2. The van der Waals surface area contributed by atoms with E-state index in [-0.39, 0.29) is 11.8 Å². The van der Waals surface area contributed by atoms with Gasteiger partial charge in [-0.15, -0.1) is 0 Å². The number of piperazine rings is 1. The van der Waals surface area contributed by atoms with Crippen LogP contribution in [0, 0.1) is 12.8 Å². The van der Waals surface area contributed by atoms with Crippen LogP contribution >= 0.6 is 0 Å². The summed E-state index contributed by atoms with van der Waals surface area (Å²) in [7, 11) is 0. The number of ketones is 1. The predicted octanol–water partition coefficient (Wildman–Crippen LogP) is 1.79. The molecule has 3 fully saturated rings. The van der Waals surface area contributed by atoms with E-state index in [1.807, 2.05) is 17.9 Å². The zero-order valence-corrected chi connectivity index (χ0v) is 16.2. The van der Waals surface area contributed by atoms with E-state index in [9.17, 15) is 9.59 Å². The molecule has 2 aliphatic heterocycles. The highest BCUT2D eigenvalue weighted by Crippen LogP contribution is 2.25. The van der Waals surface area contributed by atoms with Gasteiger partial charge in [0.2, 0.25) is 11.9 Å². The number of hydrogen-bond donors (Lipinski definition) is 0. The van der Waals surface area contributed by atoms with Gasteiger partial charge in [-0.3, -0.25) is 9.59 Å². The lowest BCUT2D eigenvalue weighted by Crippen LogP contribution is -2.51. The highest BCUT2D eigenvalue weighted by atomic mass is 16.2. The smallest absolute Gasteiger partial charge is 0.227 e. The fraction of sp³-hybridized carbons (Fsp3) is 0.700. The van der Waals surface area contributed by atoms with Crippen molar-refractivity contribution in [3.8, 4) is 0 Å². The van der Waals surface area contributed by atoms with Crippen LogP contribution in [0.3, 0.4) is 0 Å². The second kappa shape index (κ2) is 7.82. The van der Waals surface area contributed by atoms with Crippen molar-refractivity contribution >= 4 is 23.5 Å². The fourth-order valence-corrected chi connectivity index (χ4v) is 4.36. The van der Waals surface area contributed by atoms with E-state index in [1.54, 1.807) is 0 Å². The molecule has 4 rings (SSSR count). The molecule has 0 radical (unpaired) electrons. The summed E-state index contributed by atoms with van der Waals surface area (Å²) in [6.45, 7) is 7.15. The molecule has 1 saturated carbocycles. The lowest BCUT2D eigenvalue weighted by Gasteiger charge is -2.37. The van der Waals surface area contributed by atoms with Gasteiger partial charge in [-0.05, 0) is 32.6 Å². The molecule has 0 N–H and O–H groups in total. The first kappa shape index (κ1) is 18.2. The number of anilines is 2. The van der Waals surface area contributed by atoms with Crippen molar-refractivity contribution in [3.63, 3.8) is 0 Å². The molecular formula is C20H29N5O2. The maximum Gasteiger partial charge on any atom is 0.227 e. The highest BCUT2D eigenvalue weighted by molar-refractivity contribution is 5.84. The maximum absolute atomic E-state index is 12.7. The molecule has 0 bridgehead atoms. The topological polar surface area (TPSA) is 69.6 Å². The van der Waals surface area contributed by atoms with Gasteiger partial charge in [0.05, 0.1) is 0 Å². The summed E-state index contributed by atoms with van der Waals surface area (Å²) in [6, 6.07) is 2.05. The number of carbonyl (C=O) groups excluding carboxylic acids is 2. The molecule has 7 nitrogen and oxygen atoms in total. The number of nitrogens with zero attached hydrogens (tertiary/aromatic N) is 5. The van der Waals surface area contributed by atoms with Gasteiger partial charge in [0, 0.05) is 69.8 Å². The Morgan fingerprint density at radius 2 is 1.63 bits per heavy atom. The van der Waals surface area contributed by atoms with Crippen LogP contribution in [0.2, 0.25) is 0 Å². The summed E-state index contributed by atoms with van der Waals surface area (Å²) in [5.41, 5.74) is 0.993. The monoisotopic (exact) mass is 371 g/mol. The minimum Gasteiger partial charge on any atom is -0.353 e. The van der Waals surface area contributed by atoms with E-state index >= 15 is 0 Å². The average Bonchev–Trinajstić information content (AvgIpc) is 3.23. The van der Waals surface area contributed by atoms with E-state index in [0.29, 0.717) is 18.6 Å². The number of hydrogen-bond acceptors (Lipinski definition) is 6. The van der Waals surface area contributed by atoms with Crippen LogP contribution in [0.4, 0.5) is 11.8 Å². The van der Waals surface area contributed by atoms with Gasteiger partial charge in [0.25, 0.3) is 0 Å². The normalized spacial score (nSPS) is 21.8. The molecule has 1 amide bonds. The van der Waals surface area contributed by atoms with Crippen molar-refractivity contribution in [3.05, 3.63) is 11.8 Å². The van der Waals surface area contributed by atoms with Crippen molar-refractivity contribution in [2.45, 2.75) is 45.4 Å². The van der Waals surface area contributed by atoms with Crippen molar-refractivity contribution in [2.24, 2.45) is 5.92 Å². The fourth-order valence-electron chi connectivity index (χ4n) is 4.36. The molecule has 0 aromatic carbocycles. The molecule has 2 saturated heterocycles. The average molecular weight is 371 g/mol. The lowest BCUT2D eigenvalue weighted by atomic mass is 9.87. The van der Waals surface area contributed by atoms with Crippen molar-refractivity contribution in [1.29, 1.82) is 0 Å². The first-order valence-corrected chi connectivity index (χ1v) is 10.3. The Morgan fingerprint density at radius 1 is 0.963 bits per heavy atom. The summed E-state index contributed by atoms with van der Waals surface area (Å²) >= 11 is 0. The number of amides is 1. The van der Waals surface area contributed by atoms with Crippen LogP contribution in [-0.2, 0) is 9.59 Å². The van der Waals surface area contributed by atoms with Gasteiger partial charge < -0.3 is 14.7 Å². The SMILES string of the molecule is Cc1cc(N2CCN(C(=O)C3CCC(=O)CC3)CC2)nc(N2CCCC2)n1. The molecule has 0 unspecified atom stereocenters. The lowest BCUT2D eigenvalue weighted by molar-refractivity contribution is -0.137. The highest BCUT2D eigenvalue weighted by Gasteiger charge is 2.31. The minimum absolute atomic E-state index is 0.0392.